The van der Waals surface area contributed by atoms with Gasteiger partial charge in [0.25, 0.3) is 0 Å². The third-order valence-corrected chi connectivity index (χ3v) is 2.50. The summed E-state index contributed by atoms with van der Waals surface area (Å²) in [6.07, 6.45) is 1.65. The van der Waals surface area contributed by atoms with Crippen LogP contribution in [0.5, 0.6) is 0 Å². The zero-order valence-corrected chi connectivity index (χ0v) is 7.26. The Balaban J connectivity index is 2.50. The molecule has 0 atom stereocenters. The summed E-state index contributed by atoms with van der Waals surface area (Å²) in [5.74, 6) is 0.320. The first-order valence-electron chi connectivity index (χ1n) is 4.46. The molecule has 0 heterocycles. The lowest BCUT2D eigenvalue weighted by Crippen LogP contribution is -2.11. The van der Waals surface area contributed by atoms with Crippen molar-refractivity contribution in [2.24, 2.45) is 0 Å². The number of ketones is 1. The van der Waals surface area contributed by atoms with Crippen LogP contribution in [-0.4, -0.2) is 13.1 Å². The van der Waals surface area contributed by atoms with Crippen molar-refractivity contribution < 1.29 is 4.79 Å². The molecule has 0 N–H and O–H groups in total. The fraction of sp³-hybridized carbons (Fsp3) is 0.300. The maximum absolute atomic E-state index is 11.3. The van der Waals surface area contributed by atoms with E-state index in [-0.39, 0.29) is 0 Å². The van der Waals surface area contributed by atoms with Gasteiger partial charge in [-0.05, 0) is 12.0 Å². The van der Waals surface area contributed by atoms with Crippen LogP contribution in [-0.2, 0) is 6.42 Å². The van der Waals surface area contributed by atoms with Crippen molar-refractivity contribution in [3.8, 4) is 0 Å². The van der Waals surface area contributed by atoms with Gasteiger partial charge in [-0.3, -0.25) is 4.79 Å². The van der Waals surface area contributed by atoms with E-state index in [1.807, 2.05) is 6.07 Å². The van der Waals surface area contributed by atoms with Gasteiger partial charge in [-0.15, -0.1) is 0 Å². The number of fused-ring (bicyclic) bond motifs is 1. The molecule has 0 spiro atoms. The average molecular weight is 158 g/mol. The van der Waals surface area contributed by atoms with Crippen molar-refractivity contribution in [1.82, 2.24) is 0 Å². The molecule has 0 fully saturated rings. The lowest BCUT2D eigenvalue weighted by atomic mass is 9.72. The van der Waals surface area contributed by atoms with Gasteiger partial charge < -0.3 is 0 Å². The van der Waals surface area contributed by atoms with Crippen molar-refractivity contribution in [1.29, 1.82) is 0 Å². The third-order valence-electron chi connectivity index (χ3n) is 2.50. The van der Waals surface area contributed by atoms with E-state index in [4.69, 9.17) is 0 Å². The molecule has 0 bridgehead atoms. The van der Waals surface area contributed by atoms with Gasteiger partial charge in [0, 0.05) is 12.0 Å². The molecule has 1 aliphatic rings. The normalized spacial score (nSPS) is 14.6. The average Bonchev–Trinajstić information content (AvgIpc) is 2.47. The molecule has 2 rings (SSSR count). The molecule has 0 amide bonds. The number of hydrogen-bond donors (Lipinski definition) is 0. The van der Waals surface area contributed by atoms with E-state index in [2.05, 4.69) is 19.0 Å². The highest BCUT2D eigenvalue weighted by atomic mass is 16.1. The predicted molar refractivity (Wildman–Crippen MR) is 51.7 cm³/mol. The second-order valence-electron chi connectivity index (χ2n) is 3.27. The predicted octanol–water partition coefficient (Wildman–Crippen LogP) is 0.925. The van der Waals surface area contributed by atoms with E-state index in [0.29, 0.717) is 12.2 Å². The Kier molecular flexibility index (Phi) is 1.76. The Morgan fingerprint density at radius 3 is 2.92 bits per heavy atom. The van der Waals surface area contributed by atoms with Crippen LogP contribution in [0, 0.1) is 0 Å². The Hall–Kier alpha value is -1.05. The van der Waals surface area contributed by atoms with Gasteiger partial charge in [0.15, 0.2) is 13.1 Å². The zero-order valence-electron chi connectivity index (χ0n) is 7.26. The zero-order chi connectivity index (χ0) is 8.55. The van der Waals surface area contributed by atoms with Crippen LogP contribution in [0.1, 0.15) is 22.3 Å². The highest BCUT2D eigenvalue weighted by molar-refractivity contribution is 6.52. The Labute approximate surface area is 73.0 Å². The Morgan fingerprint density at radius 1 is 1.33 bits per heavy atom. The molecule has 0 radical (unpaired) electrons. The van der Waals surface area contributed by atoms with E-state index in [0.717, 1.165) is 19.3 Å². The molecule has 1 nitrogen and oxygen atoms in total. The highest BCUT2D eigenvalue weighted by Crippen LogP contribution is 2.19. The molecular formula is C10H11BO. The third kappa shape index (κ3) is 1.08. The maximum atomic E-state index is 11.3. The van der Waals surface area contributed by atoms with E-state index in [1.54, 1.807) is 0 Å². The molecule has 12 heavy (non-hydrogen) atoms. The summed E-state index contributed by atoms with van der Waals surface area (Å²) in [7, 11) is 1.01. The van der Waals surface area contributed by atoms with Gasteiger partial charge in [-0.2, -0.15) is 0 Å². The molecule has 0 aliphatic heterocycles. The monoisotopic (exact) mass is 158 g/mol. The number of aryl methyl sites for hydroxylation is 1. The Morgan fingerprint density at radius 2 is 2.17 bits per heavy atom. The highest BCUT2D eigenvalue weighted by Gasteiger charge is 2.18. The summed E-state index contributed by atoms with van der Waals surface area (Å²) in [5, 5.41) is 0. The van der Waals surface area contributed by atoms with Crippen LogP contribution in [0.15, 0.2) is 18.2 Å². The molecule has 0 unspecified atom stereocenters. The van der Waals surface area contributed by atoms with Crippen molar-refractivity contribution in [2.45, 2.75) is 19.7 Å². The summed E-state index contributed by atoms with van der Waals surface area (Å²) in [4.78, 5) is 11.3. The quantitative estimate of drug-likeness (QED) is 0.555. The topological polar surface area (TPSA) is 17.1 Å². The molecular weight excluding hydrogens is 147 g/mol. The van der Waals surface area contributed by atoms with Gasteiger partial charge in [-0.1, -0.05) is 30.5 Å². The van der Waals surface area contributed by atoms with Crippen molar-refractivity contribution in [2.75, 3.05) is 0 Å². The van der Waals surface area contributed by atoms with Crippen LogP contribution in [0.2, 0.25) is 6.82 Å². The first kappa shape index (κ1) is 7.60. The van der Waals surface area contributed by atoms with Gasteiger partial charge in [-0.25, -0.2) is 0 Å². The fourth-order valence-electron chi connectivity index (χ4n) is 1.70. The van der Waals surface area contributed by atoms with Gasteiger partial charge >= 0.3 is 0 Å². The lowest BCUT2D eigenvalue weighted by molar-refractivity contribution is 0.0994. The van der Waals surface area contributed by atoms with Gasteiger partial charge in [0.2, 0.25) is 0 Å². The molecule has 1 aromatic carbocycles. The number of hydrogen-bond acceptors (Lipinski definition) is 1. The molecule has 1 aliphatic carbocycles. The minimum Gasteiger partial charge on any atom is -0.294 e. The van der Waals surface area contributed by atoms with E-state index < -0.39 is 0 Å². The standard InChI is InChI=1S/C10H11BO/c1-11-8-4-2-7-3-5-10(12)9(7)6-8/h2,4,6,11H,3,5H2,1H3. The van der Waals surface area contributed by atoms with Crippen LogP contribution in [0.25, 0.3) is 0 Å². The van der Waals surface area contributed by atoms with Crippen LogP contribution >= 0.6 is 0 Å². The van der Waals surface area contributed by atoms with E-state index >= 15 is 0 Å². The molecule has 60 valence electrons. The van der Waals surface area contributed by atoms with Crippen LogP contribution in [0.3, 0.4) is 0 Å². The van der Waals surface area contributed by atoms with Crippen molar-refractivity contribution >= 4 is 18.5 Å². The minimum atomic E-state index is 0.320. The summed E-state index contributed by atoms with van der Waals surface area (Å²) >= 11 is 0. The smallest absolute Gasteiger partial charge is 0.163 e. The molecule has 2 heteroatoms. The number of Topliss-reactive ketones (excluding diaryl/α,β-unsaturated/α-hetero) is 1. The van der Waals surface area contributed by atoms with Crippen molar-refractivity contribution in [3.05, 3.63) is 29.3 Å². The van der Waals surface area contributed by atoms with E-state index in [9.17, 15) is 4.79 Å². The summed E-state index contributed by atoms with van der Waals surface area (Å²) in [6, 6.07) is 6.27. The second kappa shape index (κ2) is 2.78. The van der Waals surface area contributed by atoms with Crippen molar-refractivity contribution in [3.63, 3.8) is 0 Å². The first-order chi connectivity index (χ1) is 5.81. The largest absolute Gasteiger partial charge is 0.294 e. The summed E-state index contributed by atoms with van der Waals surface area (Å²) in [6.45, 7) is 2.11. The second-order valence-corrected chi connectivity index (χ2v) is 3.27. The van der Waals surface area contributed by atoms with E-state index in [1.165, 1.54) is 11.0 Å². The SMILES string of the molecule is CBc1ccc2c(c1)C(=O)CC2. The van der Waals surface area contributed by atoms with Gasteiger partial charge in [0.05, 0.1) is 0 Å². The van der Waals surface area contributed by atoms with Gasteiger partial charge in [0.1, 0.15) is 0 Å². The number of benzene rings is 1. The maximum Gasteiger partial charge on any atom is 0.163 e. The Bertz CT molecular complexity index is 331. The number of rotatable bonds is 1. The minimum absolute atomic E-state index is 0.320. The fourth-order valence-corrected chi connectivity index (χ4v) is 1.70. The molecule has 0 aromatic heterocycles. The summed E-state index contributed by atoms with van der Waals surface area (Å²) < 4.78 is 0. The summed E-state index contributed by atoms with van der Waals surface area (Å²) in [5.41, 5.74) is 3.47. The number of carbonyl (C=O) groups is 1. The first-order valence-corrected chi connectivity index (χ1v) is 4.46. The molecule has 1 aromatic rings. The van der Waals surface area contributed by atoms with Crippen LogP contribution in [0.4, 0.5) is 0 Å². The molecule has 0 saturated carbocycles. The number of carbonyl (C=O) groups excluding carboxylic acids is 1. The van der Waals surface area contributed by atoms with Crippen LogP contribution < -0.4 is 5.46 Å². The lowest BCUT2D eigenvalue weighted by Gasteiger charge is -1.99. The molecule has 0 saturated heterocycles.